The third kappa shape index (κ3) is 11.2. The summed E-state index contributed by atoms with van der Waals surface area (Å²) in [7, 11) is -3.84. The van der Waals surface area contributed by atoms with E-state index in [1.54, 1.807) is 0 Å². The molecule has 0 radical (unpaired) electrons. The molecule has 0 bridgehead atoms. The highest BCUT2D eigenvalue weighted by atomic mass is 32.2. The molecule has 132 valence electrons. The molecule has 1 atom stereocenters. The largest absolute Gasteiger partial charge is 0.480 e. The van der Waals surface area contributed by atoms with Crippen LogP contribution in [0.1, 0.15) is 0 Å². The average Bonchev–Trinajstić information content (AvgIpc) is 2.46. The summed E-state index contributed by atoms with van der Waals surface area (Å²) in [6.07, 6.45) is 0. The van der Waals surface area contributed by atoms with Crippen molar-refractivity contribution >= 4 is 28.7 Å². The van der Waals surface area contributed by atoms with Gasteiger partial charge in [0.05, 0.1) is 12.4 Å². The van der Waals surface area contributed by atoms with Gasteiger partial charge < -0.3 is 15.9 Å². The van der Waals surface area contributed by atoms with Crippen molar-refractivity contribution in [3.63, 3.8) is 0 Å². The Balaban J connectivity index is 0.000000534. The highest BCUT2D eigenvalue weighted by Gasteiger charge is 2.17. The molecule has 11 heteroatoms. The zero-order valence-corrected chi connectivity index (χ0v) is 14.0. The van der Waals surface area contributed by atoms with Crippen molar-refractivity contribution in [1.82, 2.24) is 9.80 Å². The Morgan fingerprint density at radius 3 is 1.91 bits per heavy atom. The van der Waals surface area contributed by atoms with Gasteiger partial charge in [0, 0.05) is 45.0 Å². The standard InChI is InChI=1S/C8H18N2O4S.C3H7NO2S/c11-7-5-9-1-3-10(4-2-9)6-8-15(12,13)14;4-2(1-7)3(5)6/h11H,1-8H2,(H,12,13,14);2,7H,1,4H2,(H,5,6)/t;2-/m.0/s1. The lowest BCUT2D eigenvalue weighted by molar-refractivity contribution is -0.137. The first-order valence-corrected chi connectivity index (χ1v) is 9.03. The molecule has 0 aromatic rings. The van der Waals surface area contributed by atoms with Gasteiger partial charge >= 0.3 is 5.97 Å². The summed E-state index contributed by atoms with van der Waals surface area (Å²) in [5, 5.41) is 16.7. The minimum absolute atomic E-state index is 0.158. The Bertz CT molecular complexity index is 412. The van der Waals surface area contributed by atoms with Crippen molar-refractivity contribution in [3.8, 4) is 0 Å². The van der Waals surface area contributed by atoms with E-state index in [2.05, 4.69) is 17.5 Å². The first-order valence-electron chi connectivity index (χ1n) is 6.79. The van der Waals surface area contributed by atoms with Gasteiger partial charge in [0.1, 0.15) is 6.04 Å². The molecule has 0 saturated carbocycles. The molecule has 1 aliphatic rings. The number of carboxylic acids is 1. The maximum absolute atomic E-state index is 10.5. The predicted molar refractivity (Wildman–Crippen MR) is 85.8 cm³/mol. The van der Waals surface area contributed by atoms with Crippen LogP contribution >= 0.6 is 12.6 Å². The number of nitrogens with zero attached hydrogens (tertiary/aromatic N) is 2. The molecule has 0 aliphatic carbocycles. The van der Waals surface area contributed by atoms with E-state index in [1.807, 2.05) is 4.90 Å². The maximum atomic E-state index is 10.5. The fourth-order valence-corrected chi connectivity index (χ4v) is 2.35. The molecule has 0 aromatic carbocycles. The number of aliphatic carboxylic acids is 1. The second kappa shape index (κ2) is 11.2. The second-order valence-electron chi connectivity index (χ2n) is 4.82. The van der Waals surface area contributed by atoms with E-state index in [-0.39, 0.29) is 18.1 Å². The molecule has 0 spiro atoms. The van der Waals surface area contributed by atoms with Gasteiger partial charge in [-0.15, -0.1) is 0 Å². The summed E-state index contributed by atoms with van der Waals surface area (Å²) in [4.78, 5) is 13.9. The van der Waals surface area contributed by atoms with Crippen LogP contribution in [-0.4, -0.2) is 102 Å². The van der Waals surface area contributed by atoms with Crippen LogP contribution in [0.3, 0.4) is 0 Å². The summed E-state index contributed by atoms with van der Waals surface area (Å²) >= 11 is 3.65. The van der Waals surface area contributed by atoms with E-state index in [1.165, 1.54) is 0 Å². The Hall–Kier alpha value is -0.430. The molecule has 0 aromatic heterocycles. The van der Waals surface area contributed by atoms with Gasteiger partial charge in [0.2, 0.25) is 0 Å². The number of thiol groups is 1. The molecule has 1 rings (SSSR count). The van der Waals surface area contributed by atoms with Gasteiger partial charge in [-0.2, -0.15) is 21.0 Å². The normalized spacial score (nSPS) is 18.4. The molecular weight excluding hydrogens is 334 g/mol. The summed E-state index contributed by atoms with van der Waals surface area (Å²) < 4.78 is 29.6. The number of rotatable bonds is 7. The highest BCUT2D eigenvalue weighted by molar-refractivity contribution is 7.85. The van der Waals surface area contributed by atoms with E-state index in [4.69, 9.17) is 20.5 Å². The van der Waals surface area contributed by atoms with Gasteiger partial charge in [-0.3, -0.25) is 19.1 Å². The van der Waals surface area contributed by atoms with Gasteiger partial charge in [-0.1, -0.05) is 0 Å². The minimum atomic E-state index is -3.84. The van der Waals surface area contributed by atoms with E-state index in [9.17, 15) is 13.2 Å². The molecular formula is C11H25N3O6S2. The second-order valence-corrected chi connectivity index (χ2v) is 6.76. The minimum Gasteiger partial charge on any atom is -0.480 e. The molecule has 1 aliphatic heterocycles. The summed E-state index contributed by atoms with van der Waals surface area (Å²) in [5.41, 5.74) is 4.94. The average molecular weight is 359 g/mol. The number of β-amino-alcohol motifs (C(OH)–C–C–N with tert-alkyl or cyclic N) is 1. The van der Waals surface area contributed by atoms with Crippen LogP contribution in [0.5, 0.6) is 0 Å². The first-order chi connectivity index (χ1) is 10.2. The van der Waals surface area contributed by atoms with Gasteiger partial charge in [-0.05, 0) is 0 Å². The zero-order valence-electron chi connectivity index (χ0n) is 12.3. The van der Waals surface area contributed by atoms with Crippen LogP contribution in [-0.2, 0) is 14.9 Å². The summed E-state index contributed by atoms with van der Waals surface area (Å²) in [6, 6.07) is -0.816. The smallest absolute Gasteiger partial charge is 0.321 e. The van der Waals surface area contributed by atoms with Crippen LogP contribution < -0.4 is 5.73 Å². The monoisotopic (exact) mass is 359 g/mol. The molecule has 1 heterocycles. The number of aliphatic hydroxyl groups is 1. The van der Waals surface area contributed by atoms with Crippen LogP contribution in [0.4, 0.5) is 0 Å². The topological polar surface area (TPSA) is 144 Å². The predicted octanol–water partition coefficient (Wildman–Crippen LogP) is -2.19. The Kier molecular flexibility index (Phi) is 10.9. The molecule has 22 heavy (non-hydrogen) atoms. The fourth-order valence-electron chi connectivity index (χ4n) is 1.70. The number of aliphatic hydroxyl groups excluding tert-OH is 1. The molecule has 1 saturated heterocycles. The van der Waals surface area contributed by atoms with Crippen LogP contribution in [0.25, 0.3) is 0 Å². The Morgan fingerprint density at radius 2 is 1.64 bits per heavy atom. The van der Waals surface area contributed by atoms with Crippen molar-refractivity contribution in [3.05, 3.63) is 0 Å². The Morgan fingerprint density at radius 1 is 1.18 bits per heavy atom. The Labute approximate surface area is 136 Å². The van der Waals surface area contributed by atoms with Crippen LogP contribution in [0, 0.1) is 0 Å². The van der Waals surface area contributed by atoms with Crippen LogP contribution in [0.15, 0.2) is 0 Å². The lowest BCUT2D eigenvalue weighted by atomic mass is 10.3. The van der Waals surface area contributed by atoms with Crippen molar-refractivity contribution in [1.29, 1.82) is 0 Å². The summed E-state index contributed by atoms with van der Waals surface area (Å²) in [6.45, 7) is 4.46. The van der Waals surface area contributed by atoms with E-state index in [0.717, 1.165) is 26.2 Å². The molecule has 0 amide bonds. The maximum Gasteiger partial charge on any atom is 0.321 e. The van der Waals surface area contributed by atoms with Crippen molar-refractivity contribution < 1.29 is 28.0 Å². The quantitative estimate of drug-likeness (QED) is 0.253. The molecule has 0 unspecified atom stereocenters. The van der Waals surface area contributed by atoms with Gasteiger partial charge in [0.15, 0.2) is 0 Å². The first kappa shape index (κ1) is 21.6. The molecule has 9 nitrogen and oxygen atoms in total. The van der Waals surface area contributed by atoms with Gasteiger partial charge in [0.25, 0.3) is 10.1 Å². The highest BCUT2D eigenvalue weighted by Crippen LogP contribution is 2.01. The zero-order chi connectivity index (χ0) is 17.2. The lowest BCUT2D eigenvalue weighted by Gasteiger charge is -2.33. The number of carbonyl (C=O) groups is 1. The number of carboxylic acid groups (broad SMARTS) is 1. The van der Waals surface area contributed by atoms with E-state index >= 15 is 0 Å². The number of piperazine rings is 1. The van der Waals surface area contributed by atoms with Crippen molar-refractivity contribution in [2.45, 2.75) is 6.04 Å². The van der Waals surface area contributed by atoms with Crippen molar-refractivity contribution in [2.75, 3.05) is 57.4 Å². The van der Waals surface area contributed by atoms with Crippen molar-refractivity contribution in [2.24, 2.45) is 5.73 Å². The third-order valence-corrected chi connectivity index (χ3v) is 4.15. The molecule has 5 N–H and O–H groups in total. The number of hydrogen-bond acceptors (Lipinski definition) is 8. The van der Waals surface area contributed by atoms with Gasteiger partial charge in [-0.25, -0.2) is 0 Å². The SMILES string of the molecule is N[C@@H](CS)C(=O)O.O=S(=O)(O)CCN1CCN(CCO)CC1. The molecule has 1 fully saturated rings. The lowest BCUT2D eigenvalue weighted by Crippen LogP contribution is -2.48. The summed E-state index contributed by atoms with van der Waals surface area (Å²) in [5.74, 6) is -1.02. The van der Waals surface area contributed by atoms with Crippen LogP contribution in [0.2, 0.25) is 0 Å². The van der Waals surface area contributed by atoms with E-state index in [0.29, 0.717) is 13.1 Å². The number of nitrogens with two attached hydrogens (primary N) is 1. The fraction of sp³-hybridized carbons (Fsp3) is 0.909. The number of hydrogen-bond donors (Lipinski definition) is 5. The third-order valence-electron chi connectivity index (χ3n) is 3.06. The van der Waals surface area contributed by atoms with E-state index < -0.39 is 22.1 Å².